The lowest BCUT2D eigenvalue weighted by Gasteiger charge is -2.12. The van der Waals surface area contributed by atoms with E-state index in [0.29, 0.717) is 15.6 Å². The Morgan fingerprint density at radius 1 is 1.12 bits per heavy atom. The number of benzene rings is 2. The predicted molar refractivity (Wildman–Crippen MR) is 108 cm³/mol. The molecule has 26 heavy (non-hydrogen) atoms. The van der Waals surface area contributed by atoms with Crippen LogP contribution in [0.3, 0.4) is 0 Å². The number of imide groups is 1. The molecule has 2 aromatic carbocycles. The summed E-state index contributed by atoms with van der Waals surface area (Å²) in [6.07, 6.45) is 3.81. The first-order chi connectivity index (χ1) is 12.6. The summed E-state index contributed by atoms with van der Waals surface area (Å²) in [6.45, 7) is 2.90. The van der Waals surface area contributed by atoms with E-state index in [1.807, 2.05) is 30.5 Å². The highest BCUT2D eigenvalue weighted by molar-refractivity contribution is 8.19. The van der Waals surface area contributed by atoms with Crippen molar-refractivity contribution in [3.05, 3.63) is 70.2 Å². The summed E-state index contributed by atoms with van der Waals surface area (Å²) in [6, 6.07) is 14.8. The van der Waals surface area contributed by atoms with Gasteiger partial charge in [0.15, 0.2) is 0 Å². The zero-order valence-corrected chi connectivity index (χ0v) is 15.6. The van der Waals surface area contributed by atoms with Gasteiger partial charge in [-0.05, 0) is 49.0 Å². The Hall–Kier alpha value is -2.50. The maximum atomic E-state index is 12.8. The van der Waals surface area contributed by atoms with E-state index < -0.39 is 0 Å². The Bertz CT molecular complexity index is 1070. The molecule has 3 aromatic rings. The number of fused-ring (bicyclic) bond motifs is 1. The van der Waals surface area contributed by atoms with Gasteiger partial charge in [0.2, 0.25) is 0 Å². The fourth-order valence-electron chi connectivity index (χ4n) is 3.10. The fraction of sp³-hybridized carbons (Fsp3) is 0.100. The highest BCUT2D eigenvalue weighted by Gasteiger charge is 2.36. The number of carbonyl (C=O) groups is 2. The molecular weight excluding hydrogens is 368 g/mol. The van der Waals surface area contributed by atoms with Crippen molar-refractivity contribution in [1.82, 2.24) is 4.57 Å². The number of rotatable bonds is 3. The highest BCUT2D eigenvalue weighted by atomic mass is 35.5. The Morgan fingerprint density at radius 3 is 2.69 bits per heavy atom. The number of aromatic nitrogens is 1. The smallest absolute Gasteiger partial charge is 0.298 e. The number of aryl methyl sites for hydroxylation is 1. The van der Waals surface area contributed by atoms with Crippen LogP contribution in [0.4, 0.5) is 10.5 Å². The molecule has 0 N–H and O–H groups in total. The number of amides is 2. The van der Waals surface area contributed by atoms with E-state index in [1.165, 1.54) is 4.90 Å². The molecule has 2 heterocycles. The van der Waals surface area contributed by atoms with Gasteiger partial charge in [-0.1, -0.05) is 35.9 Å². The van der Waals surface area contributed by atoms with Crippen LogP contribution in [0, 0.1) is 0 Å². The Balaban J connectivity index is 1.76. The van der Waals surface area contributed by atoms with Crippen molar-refractivity contribution in [1.29, 1.82) is 0 Å². The van der Waals surface area contributed by atoms with Crippen molar-refractivity contribution >= 4 is 57.2 Å². The molecule has 1 aliphatic heterocycles. The maximum absolute atomic E-state index is 12.8. The van der Waals surface area contributed by atoms with Crippen LogP contribution >= 0.6 is 23.4 Å². The molecule has 4 nitrogen and oxygen atoms in total. The Morgan fingerprint density at radius 2 is 1.92 bits per heavy atom. The number of nitrogens with zero attached hydrogens (tertiary/aromatic N) is 2. The van der Waals surface area contributed by atoms with Gasteiger partial charge >= 0.3 is 0 Å². The zero-order valence-electron chi connectivity index (χ0n) is 14.0. The number of halogens is 1. The van der Waals surface area contributed by atoms with Crippen LogP contribution in [0.5, 0.6) is 0 Å². The second-order valence-electron chi connectivity index (χ2n) is 5.88. The molecule has 0 bridgehead atoms. The summed E-state index contributed by atoms with van der Waals surface area (Å²) in [5, 5.41) is 1.23. The van der Waals surface area contributed by atoms with Gasteiger partial charge in [0.1, 0.15) is 0 Å². The molecule has 1 aliphatic rings. The van der Waals surface area contributed by atoms with Crippen molar-refractivity contribution in [2.75, 3.05) is 4.90 Å². The van der Waals surface area contributed by atoms with Crippen molar-refractivity contribution in [2.45, 2.75) is 13.5 Å². The average molecular weight is 383 g/mol. The third kappa shape index (κ3) is 2.83. The van der Waals surface area contributed by atoms with E-state index in [-0.39, 0.29) is 11.1 Å². The predicted octanol–water partition coefficient (Wildman–Crippen LogP) is 5.56. The number of thioether (sulfide) groups is 1. The summed E-state index contributed by atoms with van der Waals surface area (Å²) in [5.74, 6) is -0.324. The molecule has 0 unspecified atom stereocenters. The molecule has 1 saturated heterocycles. The van der Waals surface area contributed by atoms with E-state index in [2.05, 4.69) is 11.5 Å². The number of anilines is 1. The monoisotopic (exact) mass is 382 g/mol. The van der Waals surface area contributed by atoms with E-state index in [9.17, 15) is 9.59 Å². The first kappa shape index (κ1) is 16.9. The van der Waals surface area contributed by atoms with Crippen LogP contribution in [0.1, 0.15) is 12.5 Å². The third-order valence-electron chi connectivity index (χ3n) is 4.31. The molecule has 130 valence electrons. The normalized spacial score (nSPS) is 16.2. The minimum atomic E-state index is -0.324. The highest BCUT2D eigenvalue weighted by Crippen LogP contribution is 2.37. The summed E-state index contributed by atoms with van der Waals surface area (Å²) in [4.78, 5) is 26.8. The molecule has 0 aliphatic carbocycles. The lowest BCUT2D eigenvalue weighted by Crippen LogP contribution is -2.27. The molecule has 4 rings (SSSR count). The standard InChI is InChI=1S/C20H15ClN2O2S/c1-2-22-12-13(16-8-3-4-9-17(16)22)10-18-19(24)23(20(25)26-18)15-7-5-6-14(21)11-15/h3-12H,2H2,1H3/b18-10-. The molecule has 0 spiro atoms. The first-order valence-electron chi connectivity index (χ1n) is 8.20. The number of carbonyl (C=O) groups excluding carboxylic acids is 2. The quantitative estimate of drug-likeness (QED) is 0.557. The summed E-state index contributed by atoms with van der Waals surface area (Å²) < 4.78 is 2.13. The van der Waals surface area contributed by atoms with Gasteiger partial charge in [-0.3, -0.25) is 9.59 Å². The van der Waals surface area contributed by atoms with Crippen LogP contribution in [0.2, 0.25) is 5.02 Å². The summed E-state index contributed by atoms with van der Waals surface area (Å²) >= 11 is 6.94. The minimum Gasteiger partial charge on any atom is -0.347 e. The minimum absolute atomic E-state index is 0.317. The summed E-state index contributed by atoms with van der Waals surface area (Å²) in [5.41, 5.74) is 2.52. The molecule has 0 saturated carbocycles. The maximum Gasteiger partial charge on any atom is 0.298 e. The molecule has 0 atom stereocenters. The molecule has 1 aromatic heterocycles. The van der Waals surface area contributed by atoms with Gasteiger partial charge < -0.3 is 4.57 Å². The lowest BCUT2D eigenvalue weighted by molar-refractivity contribution is -0.113. The Kier molecular flexibility index (Phi) is 4.34. The second-order valence-corrected chi connectivity index (χ2v) is 7.31. The van der Waals surface area contributed by atoms with E-state index in [4.69, 9.17) is 11.6 Å². The van der Waals surface area contributed by atoms with E-state index in [0.717, 1.165) is 34.8 Å². The Labute approximate surface area is 160 Å². The van der Waals surface area contributed by atoms with Crippen LogP contribution in [-0.4, -0.2) is 15.7 Å². The zero-order chi connectivity index (χ0) is 18.3. The van der Waals surface area contributed by atoms with Crippen molar-refractivity contribution < 1.29 is 9.59 Å². The van der Waals surface area contributed by atoms with Gasteiger partial charge in [0.25, 0.3) is 11.1 Å². The molecular formula is C20H15ClN2O2S. The van der Waals surface area contributed by atoms with Crippen LogP contribution in [-0.2, 0) is 11.3 Å². The largest absolute Gasteiger partial charge is 0.347 e. The third-order valence-corrected chi connectivity index (χ3v) is 5.41. The van der Waals surface area contributed by atoms with Gasteiger partial charge in [-0.2, -0.15) is 0 Å². The van der Waals surface area contributed by atoms with Gasteiger partial charge in [0.05, 0.1) is 10.6 Å². The van der Waals surface area contributed by atoms with Crippen LogP contribution < -0.4 is 4.90 Å². The van der Waals surface area contributed by atoms with Crippen LogP contribution in [0.15, 0.2) is 59.6 Å². The van der Waals surface area contributed by atoms with Gasteiger partial charge in [-0.25, -0.2) is 4.90 Å². The summed E-state index contributed by atoms with van der Waals surface area (Å²) in [7, 11) is 0. The van der Waals surface area contributed by atoms with Crippen LogP contribution in [0.25, 0.3) is 17.0 Å². The van der Waals surface area contributed by atoms with E-state index >= 15 is 0 Å². The number of para-hydroxylation sites is 1. The molecule has 6 heteroatoms. The fourth-order valence-corrected chi connectivity index (χ4v) is 4.12. The second kappa shape index (κ2) is 6.67. The molecule has 1 fully saturated rings. The topological polar surface area (TPSA) is 42.3 Å². The number of hydrogen-bond donors (Lipinski definition) is 0. The van der Waals surface area contributed by atoms with Gasteiger partial charge in [0, 0.05) is 34.2 Å². The average Bonchev–Trinajstić information content (AvgIpc) is 3.13. The van der Waals surface area contributed by atoms with E-state index in [1.54, 1.807) is 30.3 Å². The number of hydrogen-bond acceptors (Lipinski definition) is 3. The molecule has 0 radical (unpaired) electrons. The molecule has 2 amide bonds. The van der Waals surface area contributed by atoms with Crippen molar-refractivity contribution in [3.8, 4) is 0 Å². The van der Waals surface area contributed by atoms with Crippen molar-refractivity contribution in [2.24, 2.45) is 0 Å². The SMILES string of the molecule is CCn1cc(/C=C2\SC(=O)N(c3cccc(Cl)c3)C2=O)c2ccccc21. The van der Waals surface area contributed by atoms with Crippen molar-refractivity contribution in [3.63, 3.8) is 0 Å². The first-order valence-corrected chi connectivity index (χ1v) is 9.39. The lowest BCUT2D eigenvalue weighted by atomic mass is 10.1. The van der Waals surface area contributed by atoms with Gasteiger partial charge in [-0.15, -0.1) is 0 Å².